The van der Waals surface area contributed by atoms with Gasteiger partial charge < -0.3 is 7.96 Å². The van der Waals surface area contributed by atoms with Gasteiger partial charge in [-0.3, -0.25) is 4.79 Å². The van der Waals surface area contributed by atoms with E-state index in [1.54, 1.807) is 0 Å². The van der Waals surface area contributed by atoms with Crippen molar-refractivity contribution in [1.82, 2.24) is 4.34 Å². The number of rotatable bonds is 2. The molecular formula is C3H8BrMgNO2. The van der Waals surface area contributed by atoms with Crippen LogP contribution in [0, 0.1) is 0 Å². The van der Waals surface area contributed by atoms with Crippen LogP contribution in [0.15, 0.2) is 0 Å². The number of hydrogen-bond acceptors (Lipinski definition) is 2. The summed E-state index contributed by atoms with van der Waals surface area (Å²) in [5.74, 6) is -0.864. The Morgan fingerprint density at radius 3 is 2.38 bits per heavy atom. The van der Waals surface area contributed by atoms with E-state index >= 15 is 0 Å². The second-order valence-corrected chi connectivity index (χ2v) is 1.63. The van der Waals surface area contributed by atoms with Crippen LogP contribution in [0.4, 0.5) is 0 Å². The molecule has 8 heavy (non-hydrogen) atoms. The third-order valence-electron chi connectivity index (χ3n) is 0.534. The van der Waals surface area contributed by atoms with E-state index in [0.29, 0.717) is 0 Å². The normalized spacial score (nSPS) is 11.8. The zero-order valence-electron chi connectivity index (χ0n) is 6.52. The molecule has 0 saturated heterocycles. The second kappa shape index (κ2) is 5.81. The van der Waals surface area contributed by atoms with Crippen molar-refractivity contribution >= 4 is 45.2 Å². The molecule has 0 saturated carbocycles. The fourth-order valence-corrected chi connectivity index (χ4v) is 0.243. The Balaban J connectivity index is -0.0000000600. The predicted molar refractivity (Wildman–Crippen MR) is 37.1 cm³/mol. The SMILES string of the molecule is CC(NBr)C(=O)O.[H-].[H-].[Mg+2]. The van der Waals surface area contributed by atoms with Crippen molar-refractivity contribution in [2.45, 2.75) is 13.0 Å². The molecule has 0 fully saturated rings. The van der Waals surface area contributed by atoms with Gasteiger partial charge in [0, 0.05) is 16.1 Å². The Kier molecular flexibility index (Phi) is 8.33. The van der Waals surface area contributed by atoms with Crippen LogP contribution in [0.5, 0.6) is 0 Å². The van der Waals surface area contributed by atoms with Gasteiger partial charge in [0.2, 0.25) is 0 Å². The molecule has 46 valence electrons. The molecule has 0 aromatic heterocycles. The van der Waals surface area contributed by atoms with Gasteiger partial charge in [0.15, 0.2) is 0 Å². The third kappa shape index (κ3) is 4.83. The van der Waals surface area contributed by atoms with Crippen LogP contribution in [-0.2, 0) is 4.79 Å². The summed E-state index contributed by atoms with van der Waals surface area (Å²) in [5.41, 5.74) is 0. The molecule has 0 aliphatic carbocycles. The first-order valence-corrected chi connectivity index (χ1v) is 2.56. The van der Waals surface area contributed by atoms with Crippen LogP contribution in [0.1, 0.15) is 9.78 Å². The summed E-state index contributed by atoms with van der Waals surface area (Å²) in [7, 11) is 0. The Morgan fingerprint density at radius 2 is 2.38 bits per heavy atom. The van der Waals surface area contributed by atoms with Gasteiger partial charge in [-0.15, -0.1) is 0 Å². The Hall–Kier alpha value is 0.676. The standard InChI is InChI=1S/C3H6BrNO2.Mg.2H/c1-2(5-4)3(6)7;;;/h2,5H,1H3,(H,6,7);;;/q;+2;2*-1. The molecule has 0 heterocycles. The van der Waals surface area contributed by atoms with Crippen molar-refractivity contribution in [2.75, 3.05) is 0 Å². The summed E-state index contributed by atoms with van der Waals surface area (Å²) < 4.78 is 2.38. The Labute approximate surface area is 75.3 Å². The van der Waals surface area contributed by atoms with Crippen LogP contribution in [-0.4, -0.2) is 40.2 Å². The summed E-state index contributed by atoms with van der Waals surface area (Å²) in [6.07, 6.45) is 0. The Morgan fingerprint density at radius 1 is 2.00 bits per heavy atom. The third-order valence-corrected chi connectivity index (χ3v) is 1.22. The van der Waals surface area contributed by atoms with Gasteiger partial charge in [-0.05, 0) is 6.92 Å². The minimum atomic E-state index is -0.864. The van der Waals surface area contributed by atoms with E-state index in [9.17, 15) is 4.79 Å². The average Bonchev–Trinajstić information content (AvgIpc) is 1.65. The number of carboxylic acid groups (broad SMARTS) is 1. The fourth-order valence-electron chi connectivity index (χ4n) is 0.0467. The van der Waals surface area contributed by atoms with Crippen LogP contribution >= 0.6 is 16.1 Å². The summed E-state index contributed by atoms with van der Waals surface area (Å²) >= 11 is 2.78. The number of aliphatic carboxylic acids is 1. The van der Waals surface area contributed by atoms with E-state index in [0.717, 1.165) is 0 Å². The molecule has 0 bridgehead atoms. The molecule has 0 aliphatic rings. The van der Waals surface area contributed by atoms with Gasteiger partial charge in [0.05, 0.1) is 0 Å². The molecular weight excluding hydrogens is 186 g/mol. The summed E-state index contributed by atoms with van der Waals surface area (Å²) in [4.78, 5) is 9.84. The molecule has 0 radical (unpaired) electrons. The van der Waals surface area contributed by atoms with E-state index in [1.165, 1.54) is 6.92 Å². The minimum absolute atomic E-state index is 0. The van der Waals surface area contributed by atoms with Crippen molar-refractivity contribution in [2.24, 2.45) is 0 Å². The van der Waals surface area contributed by atoms with Crippen LogP contribution in [0.25, 0.3) is 0 Å². The quantitative estimate of drug-likeness (QED) is 0.488. The van der Waals surface area contributed by atoms with Crippen molar-refractivity contribution in [3.63, 3.8) is 0 Å². The van der Waals surface area contributed by atoms with Crippen molar-refractivity contribution in [3.8, 4) is 0 Å². The van der Waals surface area contributed by atoms with E-state index in [4.69, 9.17) is 5.11 Å². The van der Waals surface area contributed by atoms with Crippen molar-refractivity contribution in [3.05, 3.63) is 0 Å². The molecule has 3 nitrogen and oxygen atoms in total. The van der Waals surface area contributed by atoms with Gasteiger partial charge >= 0.3 is 29.0 Å². The van der Waals surface area contributed by atoms with Crippen LogP contribution in [0.3, 0.4) is 0 Å². The second-order valence-electron chi connectivity index (χ2n) is 1.17. The maximum absolute atomic E-state index is 9.84. The molecule has 1 unspecified atom stereocenters. The van der Waals surface area contributed by atoms with Crippen molar-refractivity contribution < 1.29 is 12.8 Å². The minimum Gasteiger partial charge on any atom is -1.00 e. The molecule has 0 rings (SSSR count). The number of hydrogen-bond donors (Lipinski definition) is 2. The molecule has 5 heteroatoms. The number of halogens is 1. The molecule has 0 spiro atoms. The molecule has 0 aromatic rings. The largest absolute Gasteiger partial charge is 2.00 e. The van der Waals surface area contributed by atoms with Crippen molar-refractivity contribution in [1.29, 1.82) is 0 Å². The zero-order valence-corrected chi connectivity index (χ0v) is 7.52. The zero-order chi connectivity index (χ0) is 5.86. The molecule has 1 atom stereocenters. The fraction of sp³-hybridized carbons (Fsp3) is 0.667. The molecule has 0 aromatic carbocycles. The summed E-state index contributed by atoms with van der Waals surface area (Å²) in [6.45, 7) is 1.54. The topological polar surface area (TPSA) is 49.3 Å². The maximum Gasteiger partial charge on any atom is 2.00 e. The van der Waals surface area contributed by atoms with E-state index < -0.39 is 12.0 Å². The number of carboxylic acids is 1. The number of nitrogens with one attached hydrogen (secondary N) is 1. The summed E-state index contributed by atoms with van der Waals surface area (Å²) in [6, 6.07) is -0.514. The monoisotopic (exact) mass is 193 g/mol. The molecule has 0 aliphatic heterocycles. The molecule has 2 N–H and O–H groups in total. The van der Waals surface area contributed by atoms with Gasteiger partial charge in [0.1, 0.15) is 6.04 Å². The maximum atomic E-state index is 9.84. The molecule has 0 amide bonds. The van der Waals surface area contributed by atoms with Gasteiger partial charge in [-0.25, -0.2) is 4.34 Å². The van der Waals surface area contributed by atoms with Gasteiger partial charge in [-0.1, -0.05) is 0 Å². The van der Waals surface area contributed by atoms with Gasteiger partial charge in [0.25, 0.3) is 0 Å². The smallest absolute Gasteiger partial charge is 1.00 e. The first kappa shape index (κ1) is 11.5. The first-order valence-electron chi connectivity index (χ1n) is 1.77. The number of carbonyl (C=O) groups is 1. The van der Waals surface area contributed by atoms with Crippen LogP contribution < -0.4 is 4.34 Å². The van der Waals surface area contributed by atoms with Gasteiger partial charge in [-0.2, -0.15) is 0 Å². The Bertz CT molecular complexity index is 86.9. The summed E-state index contributed by atoms with van der Waals surface area (Å²) in [5, 5.41) is 8.09. The van der Waals surface area contributed by atoms with E-state index in [-0.39, 0.29) is 25.9 Å². The predicted octanol–water partition coefficient (Wildman–Crippen LogP) is 0.203. The van der Waals surface area contributed by atoms with Crippen LogP contribution in [0.2, 0.25) is 0 Å². The first-order chi connectivity index (χ1) is 3.18. The average molecular weight is 194 g/mol. The van der Waals surface area contributed by atoms with E-state index in [1.807, 2.05) is 0 Å². The van der Waals surface area contributed by atoms with E-state index in [2.05, 4.69) is 20.5 Å².